The fourth-order valence-corrected chi connectivity index (χ4v) is 2.97. The molecule has 3 unspecified atom stereocenters. The largest absolute Gasteiger partial charge is 0.307 e. The molecule has 0 saturated heterocycles. The highest BCUT2D eigenvalue weighted by atomic mass is 15.0. The van der Waals surface area contributed by atoms with Crippen LogP contribution in [-0.4, -0.2) is 12.1 Å². The molecule has 0 aliphatic heterocycles. The molecule has 2 rings (SSSR count). The summed E-state index contributed by atoms with van der Waals surface area (Å²) in [5, 5.41) is 3.83. The smallest absolute Gasteiger partial charge is 0.0252 e. The van der Waals surface area contributed by atoms with Crippen LogP contribution in [0, 0.1) is 5.92 Å². The molecule has 0 amide bonds. The minimum absolute atomic E-state index is 0.681. The predicted octanol–water partition coefficient (Wildman–Crippen LogP) is 3.26. The van der Waals surface area contributed by atoms with E-state index in [0.717, 1.165) is 12.0 Å². The highest BCUT2D eigenvalue weighted by Crippen LogP contribution is 2.29. The summed E-state index contributed by atoms with van der Waals surface area (Å²) in [6, 6.07) is 1.49. The van der Waals surface area contributed by atoms with Crippen molar-refractivity contribution >= 4 is 0 Å². The molecule has 2 aliphatic carbocycles. The highest BCUT2D eigenvalue weighted by molar-refractivity contribution is 4.99. The van der Waals surface area contributed by atoms with Gasteiger partial charge in [-0.3, -0.25) is 0 Å². The number of nitrogens with one attached hydrogen (secondary N) is 1. The number of hydrogen-bond acceptors (Lipinski definition) is 1. The van der Waals surface area contributed by atoms with Crippen molar-refractivity contribution in [2.24, 2.45) is 5.92 Å². The Kier molecular flexibility index (Phi) is 3.63. The Hall–Kier alpha value is -0.300. The Morgan fingerprint density at radius 3 is 2.86 bits per heavy atom. The predicted molar refractivity (Wildman–Crippen MR) is 61.3 cm³/mol. The third kappa shape index (κ3) is 2.38. The minimum Gasteiger partial charge on any atom is -0.307 e. The first-order valence-electron chi connectivity index (χ1n) is 6.33. The lowest BCUT2D eigenvalue weighted by atomic mass is 9.97. The van der Waals surface area contributed by atoms with E-state index in [4.69, 9.17) is 0 Å². The first-order valence-corrected chi connectivity index (χ1v) is 6.33. The molecule has 80 valence electrons. The number of rotatable bonds is 3. The van der Waals surface area contributed by atoms with Gasteiger partial charge < -0.3 is 5.32 Å². The molecule has 1 heteroatoms. The van der Waals surface area contributed by atoms with Crippen molar-refractivity contribution < 1.29 is 0 Å². The molecule has 0 aromatic carbocycles. The average Bonchev–Trinajstić information content (AvgIpc) is 2.67. The summed E-state index contributed by atoms with van der Waals surface area (Å²) in [7, 11) is 0. The van der Waals surface area contributed by atoms with Crippen LogP contribution in [0.1, 0.15) is 51.9 Å². The first kappa shape index (κ1) is 10.2. The molecular formula is C13H23N. The van der Waals surface area contributed by atoms with Crippen LogP contribution in [0.25, 0.3) is 0 Å². The molecule has 3 atom stereocenters. The van der Waals surface area contributed by atoms with Crippen LogP contribution in [0.2, 0.25) is 0 Å². The minimum atomic E-state index is 0.681. The average molecular weight is 193 g/mol. The molecule has 1 fully saturated rings. The maximum atomic E-state index is 3.83. The topological polar surface area (TPSA) is 12.0 Å². The summed E-state index contributed by atoms with van der Waals surface area (Å²) in [5.74, 6) is 0.949. The lowest BCUT2D eigenvalue weighted by molar-refractivity contribution is 0.356. The maximum Gasteiger partial charge on any atom is 0.0252 e. The maximum absolute atomic E-state index is 3.83. The van der Waals surface area contributed by atoms with Crippen LogP contribution in [0.3, 0.4) is 0 Å². The molecule has 1 N–H and O–H groups in total. The Morgan fingerprint density at radius 2 is 2.14 bits per heavy atom. The first-order chi connectivity index (χ1) is 6.90. The van der Waals surface area contributed by atoms with Crippen LogP contribution < -0.4 is 5.32 Å². The molecule has 0 bridgehead atoms. The molecule has 2 aliphatic rings. The van der Waals surface area contributed by atoms with Crippen LogP contribution in [0.5, 0.6) is 0 Å². The second kappa shape index (κ2) is 4.97. The van der Waals surface area contributed by atoms with E-state index in [0.29, 0.717) is 6.04 Å². The molecule has 1 saturated carbocycles. The van der Waals surface area contributed by atoms with E-state index in [-0.39, 0.29) is 0 Å². The zero-order valence-corrected chi connectivity index (χ0v) is 9.34. The normalized spacial score (nSPS) is 37.6. The van der Waals surface area contributed by atoms with E-state index >= 15 is 0 Å². The van der Waals surface area contributed by atoms with Gasteiger partial charge in [-0.2, -0.15) is 0 Å². The summed E-state index contributed by atoms with van der Waals surface area (Å²) in [4.78, 5) is 0. The van der Waals surface area contributed by atoms with Crippen molar-refractivity contribution in [3.63, 3.8) is 0 Å². The van der Waals surface area contributed by atoms with Gasteiger partial charge in [-0.05, 0) is 38.0 Å². The van der Waals surface area contributed by atoms with Gasteiger partial charge in [0.05, 0.1) is 0 Å². The Morgan fingerprint density at radius 1 is 1.21 bits per heavy atom. The molecule has 1 nitrogen and oxygen atoms in total. The summed E-state index contributed by atoms with van der Waals surface area (Å²) in [6.07, 6.45) is 14.4. The van der Waals surface area contributed by atoms with Gasteiger partial charge in [-0.25, -0.2) is 0 Å². The highest BCUT2D eigenvalue weighted by Gasteiger charge is 2.26. The second-order valence-corrected chi connectivity index (χ2v) is 4.84. The quantitative estimate of drug-likeness (QED) is 0.678. The van der Waals surface area contributed by atoms with Crippen molar-refractivity contribution in [2.75, 3.05) is 0 Å². The standard InChI is InChI=1S/C13H23N/c1-2-11-7-6-10-13(11)14-12-8-4-3-5-9-12/h4,8,11-14H,2-3,5-7,9-10H2,1H3. The lowest BCUT2D eigenvalue weighted by Crippen LogP contribution is -2.39. The van der Waals surface area contributed by atoms with E-state index in [9.17, 15) is 0 Å². The van der Waals surface area contributed by atoms with Gasteiger partial charge in [-0.15, -0.1) is 0 Å². The molecular weight excluding hydrogens is 170 g/mol. The van der Waals surface area contributed by atoms with Crippen molar-refractivity contribution in [1.29, 1.82) is 0 Å². The van der Waals surface area contributed by atoms with Gasteiger partial charge in [0.1, 0.15) is 0 Å². The van der Waals surface area contributed by atoms with Crippen LogP contribution in [0.15, 0.2) is 12.2 Å². The molecule has 0 heterocycles. The van der Waals surface area contributed by atoms with Crippen molar-refractivity contribution in [2.45, 2.75) is 64.0 Å². The molecule has 0 aromatic rings. The summed E-state index contributed by atoms with van der Waals surface area (Å²) in [5.41, 5.74) is 0. The summed E-state index contributed by atoms with van der Waals surface area (Å²) in [6.45, 7) is 2.33. The zero-order valence-electron chi connectivity index (χ0n) is 9.34. The SMILES string of the molecule is CCC1CCCC1NC1C=CCCC1. The van der Waals surface area contributed by atoms with Gasteiger partial charge in [0.25, 0.3) is 0 Å². The van der Waals surface area contributed by atoms with Gasteiger partial charge in [0.2, 0.25) is 0 Å². The van der Waals surface area contributed by atoms with Crippen molar-refractivity contribution in [3.8, 4) is 0 Å². The zero-order chi connectivity index (χ0) is 9.80. The second-order valence-electron chi connectivity index (χ2n) is 4.84. The van der Waals surface area contributed by atoms with Gasteiger partial charge in [-0.1, -0.05) is 31.9 Å². The van der Waals surface area contributed by atoms with Gasteiger partial charge in [0.15, 0.2) is 0 Å². The van der Waals surface area contributed by atoms with E-state index in [1.807, 2.05) is 0 Å². The van der Waals surface area contributed by atoms with E-state index < -0.39 is 0 Å². The summed E-state index contributed by atoms with van der Waals surface area (Å²) < 4.78 is 0. The van der Waals surface area contributed by atoms with Gasteiger partial charge in [0, 0.05) is 12.1 Å². The van der Waals surface area contributed by atoms with E-state index in [1.54, 1.807) is 0 Å². The van der Waals surface area contributed by atoms with Crippen LogP contribution >= 0.6 is 0 Å². The fraction of sp³-hybridized carbons (Fsp3) is 0.846. The fourth-order valence-electron chi connectivity index (χ4n) is 2.97. The Labute approximate surface area is 88.0 Å². The molecule has 0 aromatic heterocycles. The van der Waals surface area contributed by atoms with Crippen LogP contribution in [0.4, 0.5) is 0 Å². The van der Waals surface area contributed by atoms with Crippen molar-refractivity contribution in [3.05, 3.63) is 12.2 Å². The Balaban J connectivity index is 1.83. The number of hydrogen-bond donors (Lipinski definition) is 1. The molecule has 0 spiro atoms. The van der Waals surface area contributed by atoms with E-state index in [1.165, 1.54) is 44.9 Å². The van der Waals surface area contributed by atoms with Crippen molar-refractivity contribution in [1.82, 2.24) is 5.32 Å². The number of allylic oxidation sites excluding steroid dienone is 1. The Bertz CT molecular complexity index is 197. The molecule has 14 heavy (non-hydrogen) atoms. The van der Waals surface area contributed by atoms with E-state index in [2.05, 4.69) is 24.4 Å². The third-order valence-corrected chi connectivity index (χ3v) is 3.87. The molecule has 0 radical (unpaired) electrons. The monoisotopic (exact) mass is 193 g/mol. The van der Waals surface area contributed by atoms with Crippen LogP contribution in [-0.2, 0) is 0 Å². The summed E-state index contributed by atoms with van der Waals surface area (Å²) >= 11 is 0. The van der Waals surface area contributed by atoms with Gasteiger partial charge >= 0.3 is 0 Å². The lowest BCUT2D eigenvalue weighted by Gasteiger charge is -2.26. The third-order valence-electron chi connectivity index (χ3n) is 3.87.